The van der Waals surface area contributed by atoms with Crippen LogP contribution in [0.3, 0.4) is 0 Å². The molecule has 0 radical (unpaired) electrons. The Kier molecular flexibility index (Phi) is 5.24. The van der Waals surface area contributed by atoms with Crippen molar-refractivity contribution in [2.45, 2.75) is 6.18 Å². The van der Waals surface area contributed by atoms with Gasteiger partial charge in [-0.15, -0.1) is 0 Å². The summed E-state index contributed by atoms with van der Waals surface area (Å²) in [5, 5.41) is 6.12. The first-order valence-electron chi connectivity index (χ1n) is 9.03. The second-order valence-corrected chi connectivity index (χ2v) is 6.38. The van der Waals surface area contributed by atoms with E-state index in [4.69, 9.17) is 9.47 Å². The van der Waals surface area contributed by atoms with Gasteiger partial charge in [-0.05, 0) is 48.5 Å². The lowest BCUT2D eigenvalue weighted by atomic mass is 10.3. The molecule has 0 atom stereocenters. The average molecular weight is 430 g/mol. The molecule has 0 amide bonds. The Balaban J connectivity index is 1.74. The Morgan fingerprint density at radius 3 is 1.68 bits per heavy atom. The smallest absolute Gasteiger partial charge is 0.449 e. The summed E-state index contributed by atoms with van der Waals surface area (Å²) in [5.41, 5.74) is 1.02. The van der Waals surface area contributed by atoms with Crippen molar-refractivity contribution >= 4 is 34.3 Å². The molecule has 8 nitrogen and oxygen atoms in total. The van der Waals surface area contributed by atoms with Crippen LogP contribution in [-0.4, -0.2) is 34.2 Å². The van der Waals surface area contributed by atoms with Crippen molar-refractivity contribution in [3.8, 4) is 11.5 Å². The van der Waals surface area contributed by atoms with Crippen molar-refractivity contribution in [2.75, 3.05) is 24.9 Å². The van der Waals surface area contributed by atoms with Crippen LogP contribution >= 0.6 is 0 Å². The van der Waals surface area contributed by atoms with E-state index in [2.05, 4.69) is 30.6 Å². The third kappa shape index (κ3) is 4.44. The number of hydrogen-bond acceptors (Lipinski definition) is 7. The molecule has 3 N–H and O–H groups in total. The number of rotatable bonds is 6. The Hall–Kier alpha value is -4.02. The topological polar surface area (TPSA) is 97.0 Å². The van der Waals surface area contributed by atoms with Gasteiger partial charge in [0.15, 0.2) is 22.9 Å². The normalized spacial score (nSPS) is 11.4. The maximum Gasteiger partial charge on any atom is 0.449 e. The van der Waals surface area contributed by atoms with Gasteiger partial charge in [0.25, 0.3) is 0 Å². The minimum atomic E-state index is -4.64. The van der Waals surface area contributed by atoms with E-state index >= 15 is 0 Å². The van der Waals surface area contributed by atoms with Crippen molar-refractivity contribution in [1.29, 1.82) is 0 Å². The summed E-state index contributed by atoms with van der Waals surface area (Å²) in [4.78, 5) is 14.2. The molecule has 0 saturated heterocycles. The molecule has 0 aliphatic rings. The number of benzene rings is 2. The average Bonchev–Trinajstić information content (AvgIpc) is 3.18. The highest BCUT2D eigenvalue weighted by atomic mass is 19.4. The fourth-order valence-corrected chi connectivity index (χ4v) is 2.77. The Morgan fingerprint density at radius 1 is 0.742 bits per heavy atom. The molecular formula is C20H17F3N6O2. The van der Waals surface area contributed by atoms with Gasteiger partial charge in [-0.2, -0.15) is 13.2 Å². The number of imidazole rings is 1. The van der Waals surface area contributed by atoms with Crippen LogP contribution in [0.4, 0.5) is 36.2 Å². The molecule has 0 aliphatic heterocycles. The van der Waals surface area contributed by atoms with Gasteiger partial charge in [0, 0.05) is 11.4 Å². The van der Waals surface area contributed by atoms with Gasteiger partial charge < -0.3 is 25.1 Å². The van der Waals surface area contributed by atoms with E-state index in [-0.39, 0.29) is 22.9 Å². The molecule has 0 saturated carbocycles. The summed E-state index contributed by atoms with van der Waals surface area (Å²) in [6.07, 6.45) is -4.64. The van der Waals surface area contributed by atoms with E-state index in [0.29, 0.717) is 22.9 Å². The summed E-state index contributed by atoms with van der Waals surface area (Å²) < 4.78 is 49.4. The molecule has 0 unspecified atom stereocenters. The summed E-state index contributed by atoms with van der Waals surface area (Å²) in [7, 11) is 3.10. The number of methoxy groups -OCH3 is 2. The van der Waals surface area contributed by atoms with E-state index in [1.807, 2.05) is 0 Å². The minimum absolute atomic E-state index is 0.0939. The number of nitrogens with one attached hydrogen (secondary N) is 3. The number of hydrogen-bond donors (Lipinski definition) is 3. The molecular weight excluding hydrogens is 413 g/mol. The molecule has 0 fully saturated rings. The molecule has 2 aromatic heterocycles. The van der Waals surface area contributed by atoms with E-state index in [9.17, 15) is 13.2 Å². The van der Waals surface area contributed by atoms with Crippen molar-refractivity contribution in [3.63, 3.8) is 0 Å². The molecule has 31 heavy (non-hydrogen) atoms. The van der Waals surface area contributed by atoms with Gasteiger partial charge in [-0.3, -0.25) is 0 Å². The number of H-pyrrole nitrogens is 1. The number of ether oxygens (including phenoxy) is 2. The van der Waals surface area contributed by atoms with Crippen LogP contribution in [0.2, 0.25) is 0 Å². The zero-order chi connectivity index (χ0) is 22.0. The lowest BCUT2D eigenvalue weighted by Crippen LogP contribution is -2.06. The number of nitrogens with zero attached hydrogens (tertiary/aromatic N) is 3. The monoisotopic (exact) mass is 430 g/mol. The Bertz CT molecular complexity index is 1100. The Labute approximate surface area is 174 Å². The molecule has 0 aliphatic carbocycles. The molecule has 0 spiro atoms. The maximum atomic E-state index is 13.1. The van der Waals surface area contributed by atoms with Gasteiger partial charge in [-0.25, -0.2) is 15.0 Å². The van der Waals surface area contributed by atoms with Crippen molar-refractivity contribution < 1.29 is 22.6 Å². The van der Waals surface area contributed by atoms with Crippen LogP contribution in [0.25, 0.3) is 11.3 Å². The maximum absolute atomic E-state index is 13.1. The first-order valence-corrected chi connectivity index (χ1v) is 9.03. The number of aromatic nitrogens is 4. The van der Waals surface area contributed by atoms with Crippen LogP contribution in [0.15, 0.2) is 48.5 Å². The summed E-state index contributed by atoms with van der Waals surface area (Å²) in [6, 6.07) is 13.9. The van der Waals surface area contributed by atoms with Crippen molar-refractivity contribution in [1.82, 2.24) is 19.9 Å². The second kappa shape index (κ2) is 8.01. The minimum Gasteiger partial charge on any atom is -0.497 e. The number of alkyl halides is 3. The first kappa shape index (κ1) is 20.3. The van der Waals surface area contributed by atoms with Crippen LogP contribution < -0.4 is 20.1 Å². The Morgan fingerprint density at radius 2 is 1.23 bits per heavy atom. The summed E-state index contributed by atoms with van der Waals surface area (Å²) in [6.45, 7) is 0. The van der Waals surface area contributed by atoms with Crippen molar-refractivity contribution in [3.05, 3.63) is 54.4 Å². The van der Waals surface area contributed by atoms with Crippen molar-refractivity contribution in [2.24, 2.45) is 0 Å². The molecule has 0 bridgehead atoms. The largest absolute Gasteiger partial charge is 0.497 e. The lowest BCUT2D eigenvalue weighted by molar-refractivity contribution is -0.144. The van der Waals surface area contributed by atoms with Gasteiger partial charge >= 0.3 is 6.18 Å². The summed E-state index contributed by atoms with van der Waals surface area (Å²) >= 11 is 0. The highest BCUT2D eigenvalue weighted by molar-refractivity contribution is 5.80. The van der Waals surface area contributed by atoms with Gasteiger partial charge in [0.05, 0.1) is 14.2 Å². The molecule has 11 heteroatoms. The number of halogens is 3. The highest BCUT2D eigenvalue weighted by Crippen LogP contribution is 2.31. The standard InChI is InChI=1S/C20H17F3N6O2/c1-30-13-7-3-11(4-8-13)24-15-16(25-12-5-9-14(31-2)10-6-12)27-18-17(26-15)28-19(29-18)20(21,22)23/h3-10H,1-2H3,(H3,24,25,26,27,28,29). The van der Waals surface area contributed by atoms with Gasteiger partial charge in [0.2, 0.25) is 5.82 Å². The zero-order valence-corrected chi connectivity index (χ0v) is 16.4. The SMILES string of the molecule is COc1ccc(Nc2nc3nc(C(F)(F)F)[nH]c3nc2Nc2ccc(OC)cc2)cc1. The quantitative estimate of drug-likeness (QED) is 0.401. The zero-order valence-electron chi connectivity index (χ0n) is 16.4. The number of aromatic amines is 1. The van der Waals surface area contributed by atoms with Crippen LogP contribution in [0.5, 0.6) is 11.5 Å². The molecule has 4 rings (SSSR count). The second-order valence-electron chi connectivity index (χ2n) is 6.38. The first-order chi connectivity index (χ1) is 14.9. The summed E-state index contributed by atoms with van der Waals surface area (Å²) in [5.74, 6) is 0.567. The van der Waals surface area contributed by atoms with E-state index in [1.54, 1.807) is 62.8 Å². The third-order valence-corrected chi connectivity index (χ3v) is 4.31. The molecule has 4 aromatic rings. The molecule has 2 heterocycles. The fourth-order valence-electron chi connectivity index (χ4n) is 2.77. The lowest BCUT2D eigenvalue weighted by Gasteiger charge is -2.13. The van der Waals surface area contributed by atoms with Gasteiger partial charge in [0.1, 0.15) is 11.5 Å². The van der Waals surface area contributed by atoms with E-state index in [1.165, 1.54) is 0 Å². The van der Waals surface area contributed by atoms with Crippen LogP contribution in [-0.2, 0) is 6.18 Å². The van der Waals surface area contributed by atoms with Crippen LogP contribution in [0, 0.1) is 0 Å². The fraction of sp³-hybridized carbons (Fsp3) is 0.150. The predicted octanol–water partition coefficient (Wildman–Crippen LogP) is 4.88. The molecule has 160 valence electrons. The number of anilines is 4. The molecule has 2 aromatic carbocycles. The van der Waals surface area contributed by atoms with Crippen LogP contribution in [0.1, 0.15) is 5.82 Å². The number of fused-ring (bicyclic) bond motifs is 1. The predicted molar refractivity (Wildman–Crippen MR) is 109 cm³/mol. The highest BCUT2D eigenvalue weighted by Gasteiger charge is 2.35. The van der Waals surface area contributed by atoms with E-state index < -0.39 is 12.0 Å². The van der Waals surface area contributed by atoms with E-state index in [0.717, 1.165) is 0 Å². The van der Waals surface area contributed by atoms with Gasteiger partial charge in [-0.1, -0.05) is 0 Å². The third-order valence-electron chi connectivity index (χ3n) is 4.31.